The Morgan fingerprint density at radius 1 is 1.00 bits per heavy atom. The Hall–Kier alpha value is -2.67. The molecule has 4 rings (SSSR count). The molecular weight excluding hydrogens is 449 g/mol. The third-order valence-corrected chi connectivity index (χ3v) is 5.02. The zero-order valence-electron chi connectivity index (χ0n) is 14.8. The van der Waals surface area contributed by atoms with Crippen LogP contribution in [0.3, 0.4) is 0 Å². The topological polar surface area (TPSA) is 47.0 Å². The number of hydrogen-bond acceptors (Lipinski definition) is 4. The first kappa shape index (κ1) is 17.7. The molecule has 0 saturated carbocycles. The zero-order valence-corrected chi connectivity index (χ0v) is 17.0. The third-order valence-electron chi connectivity index (χ3n) is 4.35. The van der Waals surface area contributed by atoms with Crippen molar-refractivity contribution in [3.8, 4) is 17.0 Å². The Balaban J connectivity index is 1.64. The average molecular weight is 467 g/mol. The molecule has 0 aliphatic heterocycles. The SMILES string of the molecule is COc1ccc(CNc2nccc3ccc(-c4cccc(I)c4)nc23)cc1. The summed E-state index contributed by atoms with van der Waals surface area (Å²) in [6, 6.07) is 22.5. The number of anilines is 1. The lowest BCUT2D eigenvalue weighted by Crippen LogP contribution is -2.03. The van der Waals surface area contributed by atoms with Gasteiger partial charge in [-0.1, -0.05) is 30.3 Å². The number of hydrogen-bond donors (Lipinski definition) is 1. The molecule has 27 heavy (non-hydrogen) atoms. The Labute approximate surface area is 171 Å². The molecule has 0 spiro atoms. The normalized spacial score (nSPS) is 10.7. The van der Waals surface area contributed by atoms with E-state index in [-0.39, 0.29) is 0 Å². The lowest BCUT2D eigenvalue weighted by Gasteiger charge is -2.10. The number of methoxy groups -OCH3 is 1. The summed E-state index contributed by atoms with van der Waals surface area (Å²) in [5.41, 5.74) is 4.08. The molecule has 0 fully saturated rings. The molecule has 0 aliphatic rings. The van der Waals surface area contributed by atoms with Gasteiger partial charge in [-0.15, -0.1) is 0 Å². The van der Waals surface area contributed by atoms with Gasteiger partial charge >= 0.3 is 0 Å². The molecule has 1 N–H and O–H groups in total. The molecule has 134 valence electrons. The molecule has 0 bridgehead atoms. The van der Waals surface area contributed by atoms with Gasteiger partial charge in [0, 0.05) is 27.3 Å². The molecule has 2 heterocycles. The monoisotopic (exact) mass is 467 g/mol. The van der Waals surface area contributed by atoms with Crippen LogP contribution in [0.25, 0.3) is 22.2 Å². The smallest absolute Gasteiger partial charge is 0.152 e. The Morgan fingerprint density at radius 2 is 1.85 bits per heavy atom. The van der Waals surface area contributed by atoms with Crippen molar-refractivity contribution in [3.63, 3.8) is 0 Å². The summed E-state index contributed by atoms with van der Waals surface area (Å²) in [5.74, 6) is 1.64. The molecule has 4 aromatic rings. The summed E-state index contributed by atoms with van der Waals surface area (Å²) < 4.78 is 6.40. The van der Waals surface area contributed by atoms with Gasteiger partial charge in [-0.2, -0.15) is 0 Å². The van der Waals surface area contributed by atoms with Crippen LogP contribution in [0.1, 0.15) is 5.56 Å². The van der Waals surface area contributed by atoms with E-state index in [1.54, 1.807) is 7.11 Å². The number of fused-ring (bicyclic) bond motifs is 1. The van der Waals surface area contributed by atoms with E-state index in [1.165, 1.54) is 3.57 Å². The van der Waals surface area contributed by atoms with E-state index in [2.05, 4.69) is 69.3 Å². The zero-order chi connectivity index (χ0) is 18.6. The minimum absolute atomic E-state index is 0.672. The van der Waals surface area contributed by atoms with E-state index in [1.807, 2.05) is 36.5 Å². The van der Waals surface area contributed by atoms with Gasteiger partial charge in [0.15, 0.2) is 5.82 Å². The van der Waals surface area contributed by atoms with Crippen molar-refractivity contribution in [2.45, 2.75) is 6.54 Å². The molecule has 0 atom stereocenters. The van der Waals surface area contributed by atoms with E-state index < -0.39 is 0 Å². The standard InChI is InChI=1S/C22H18IN3O/c1-27-19-8-5-15(6-9-19)14-25-22-21-16(11-12-24-22)7-10-20(26-21)17-3-2-4-18(23)13-17/h2-13H,14H2,1H3,(H,24,25). The molecular formula is C22H18IN3O. The van der Waals surface area contributed by atoms with E-state index in [9.17, 15) is 0 Å². The Morgan fingerprint density at radius 3 is 2.63 bits per heavy atom. The fraction of sp³-hybridized carbons (Fsp3) is 0.0909. The largest absolute Gasteiger partial charge is 0.497 e. The second-order valence-electron chi connectivity index (χ2n) is 6.14. The van der Waals surface area contributed by atoms with Crippen LogP contribution in [-0.4, -0.2) is 17.1 Å². The fourth-order valence-electron chi connectivity index (χ4n) is 2.91. The fourth-order valence-corrected chi connectivity index (χ4v) is 3.46. The maximum atomic E-state index is 5.21. The van der Waals surface area contributed by atoms with Crippen molar-refractivity contribution in [1.82, 2.24) is 9.97 Å². The number of nitrogens with one attached hydrogen (secondary N) is 1. The number of benzene rings is 2. The van der Waals surface area contributed by atoms with Gasteiger partial charge in [0.1, 0.15) is 11.3 Å². The second kappa shape index (κ2) is 7.92. The molecule has 5 heteroatoms. The summed E-state index contributed by atoms with van der Waals surface area (Å²) in [5, 5.41) is 4.48. The molecule has 0 aliphatic carbocycles. The van der Waals surface area contributed by atoms with Crippen molar-refractivity contribution in [3.05, 3.63) is 82.1 Å². The summed E-state index contributed by atoms with van der Waals surface area (Å²) in [7, 11) is 1.67. The van der Waals surface area contributed by atoms with Crippen LogP contribution in [0.15, 0.2) is 72.9 Å². The van der Waals surface area contributed by atoms with Crippen LogP contribution < -0.4 is 10.1 Å². The van der Waals surface area contributed by atoms with Crippen molar-refractivity contribution >= 4 is 39.3 Å². The number of aromatic nitrogens is 2. The molecule has 2 aromatic heterocycles. The Kier molecular flexibility index (Phi) is 5.20. The van der Waals surface area contributed by atoms with Gasteiger partial charge in [0.25, 0.3) is 0 Å². The number of halogens is 1. The molecule has 0 amide bonds. The van der Waals surface area contributed by atoms with Crippen LogP contribution >= 0.6 is 22.6 Å². The highest BCUT2D eigenvalue weighted by molar-refractivity contribution is 14.1. The first-order valence-electron chi connectivity index (χ1n) is 8.61. The summed E-state index contributed by atoms with van der Waals surface area (Å²) in [6.07, 6.45) is 1.81. The van der Waals surface area contributed by atoms with Gasteiger partial charge in [-0.3, -0.25) is 0 Å². The van der Waals surface area contributed by atoms with Crippen LogP contribution in [0, 0.1) is 3.57 Å². The number of rotatable bonds is 5. The van der Waals surface area contributed by atoms with Gasteiger partial charge in [-0.25, -0.2) is 9.97 Å². The first-order chi connectivity index (χ1) is 13.2. The maximum absolute atomic E-state index is 5.21. The van der Waals surface area contributed by atoms with Crippen LogP contribution in [0.4, 0.5) is 5.82 Å². The van der Waals surface area contributed by atoms with Crippen molar-refractivity contribution in [1.29, 1.82) is 0 Å². The van der Waals surface area contributed by atoms with E-state index in [0.717, 1.165) is 39.3 Å². The number of pyridine rings is 2. The first-order valence-corrected chi connectivity index (χ1v) is 9.69. The number of ether oxygens (including phenoxy) is 1. The lowest BCUT2D eigenvalue weighted by molar-refractivity contribution is 0.414. The third kappa shape index (κ3) is 4.03. The average Bonchev–Trinajstić information content (AvgIpc) is 2.72. The van der Waals surface area contributed by atoms with E-state index in [0.29, 0.717) is 6.54 Å². The summed E-state index contributed by atoms with van der Waals surface area (Å²) in [6.45, 7) is 0.672. The number of nitrogens with zero attached hydrogens (tertiary/aromatic N) is 2. The predicted molar refractivity (Wildman–Crippen MR) is 118 cm³/mol. The van der Waals surface area contributed by atoms with Crippen molar-refractivity contribution in [2.24, 2.45) is 0 Å². The molecule has 0 saturated heterocycles. The highest BCUT2D eigenvalue weighted by Crippen LogP contribution is 2.25. The Bertz CT molecular complexity index is 1080. The second-order valence-corrected chi connectivity index (χ2v) is 7.39. The summed E-state index contributed by atoms with van der Waals surface area (Å²) >= 11 is 2.32. The maximum Gasteiger partial charge on any atom is 0.152 e. The highest BCUT2D eigenvalue weighted by Gasteiger charge is 2.07. The van der Waals surface area contributed by atoms with Crippen molar-refractivity contribution in [2.75, 3.05) is 12.4 Å². The minimum Gasteiger partial charge on any atom is -0.497 e. The van der Waals surface area contributed by atoms with Gasteiger partial charge in [0.05, 0.1) is 12.8 Å². The lowest BCUT2D eigenvalue weighted by atomic mass is 10.1. The molecule has 4 nitrogen and oxygen atoms in total. The van der Waals surface area contributed by atoms with Gasteiger partial charge in [0.2, 0.25) is 0 Å². The van der Waals surface area contributed by atoms with Gasteiger partial charge in [-0.05, 0) is 64.6 Å². The molecule has 0 unspecified atom stereocenters. The van der Waals surface area contributed by atoms with Gasteiger partial charge < -0.3 is 10.1 Å². The summed E-state index contributed by atoms with van der Waals surface area (Å²) in [4.78, 5) is 9.39. The van der Waals surface area contributed by atoms with Crippen LogP contribution in [-0.2, 0) is 6.54 Å². The van der Waals surface area contributed by atoms with E-state index >= 15 is 0 Å². The van der Waals surface area contributed by atoms with Crippen molar-refractivity contribution < 1.29 is 4.74 Å². The van der Waals surface area contributed by atoms with Crippen LogP contribution in [0.5, 0.6) is 5.75 Å². The quantitative estimate of drug-likeness (QED) is 0.393. The van der Waals surface area contributed by atoms with Crippen LogP contribution in [0.2, 0.25) is 0 Å². The van der Waals surface area contributed by atoms with E-state index in [4.69, 9.17) is 9.72 Å². The molecule has 2 aromatic carbocycles. The predicted octanol–water partition coefficient (Wildman–Crippen LogP) is 5.52. The highest BCUT2D eigenvalue weighted by atomic mass is 127. The molecule has 0 radical (unpaired) electrons. The minimum atomic E-state index is 0.672.